The standard InChI is InChI=1S/C11H21NO2S/c1-9(2)11(13)14-10(3)12(4,5)7-6-8-15/h10H,1,6-8H2,2-5H3/p+1. The SMILES string of the molecule is C=C(C)C(=O)OC(C)[N+](C)(C)CCCS. The van der Waals surface area contributed by atoms with Gasteiger partial charge in [-0.15, -0.1) is 0 Å². The largest absolute Gasteiger partial charge is 0.409 e. The molecule has 0 spiro atoms. The molecule has 0 saturated carbocycles. The zero-order valence-corrected chi connectivity index (χ0v) is 11.0. The Bertz CT molecular complexity index is 239. The minimum atomic E-state index is -0.320. The van der Waals surface area contributed by atoms with Gasteiger partial charge in [-0.2, -0.15) is 12.6 Å². The molecule has 0 aliphatic carbocycles. The number of carbonyl (C=O) groups is 1. The zero-order valence-electron chi connectivity index (χ0n) is 10.1. The number of hydrogen-bond donors (Lipinski definition) is 1. The molecule has 1 unspecified atom stereocenters. The van der Waals surface area contributed by atoms with Crippen molar-refractivity contribution < 1.29 is 14.0 Å². The van der Waals surface area contributed by atoms with Gasteiger partial charge in [-0.3, -0.25) is 4.48 Å². The third-order valence-electron chi connectivity index (χ3n) is 2.50. The first kappa shape index (κ1) is 14.5. The maximum atomic E-state index is 11.3. The number of hydrogen-bond acceptors (Lipinski definition) is 3. The van der Waals surface area contributed by atoms with Crippen LogP contribution in [-0.4, -0.2) is 43.1 Å². The van der Waals surface area contributed by atoms with Gasteiger partial charge in [0.25, 0.3) is 0 Å². The highest BCUT2D eigenvalue weighted by Crippen LogP contribution is 2.11. The predicted octanol–water partition coefficient (Wildman–Crippen LogP) is 1.85. The zero-order chi connectivity index (χ0) is 12.1. The van der Waals surface area contributed by atoms with Gasteiger partial charge in [0.1, 0.15) is 0 Å². The van der Waals surface area contributed by atoms with Gasteiger partial charge in [0.15, 0.2) is 0 Å². The topological polar surface area (TPSA) is 26.3 Å². The van der Waals surface area contributed by atoms with Crippen molar-refractivity contribution in [1.82, 2.24) is 0 Å². The second kappa shape index (κ2) is 6.18. The summed E-state index contributed by atoms with van der Waals surface area (Å²) in [4.78, 5) is 11.3. The molecule has 0 N–H and O–H groups in total. The van der Waals surface area contributed by atoms with Crippen LogP contribution in [0.15, 0.2) is 12.2 Å². The van der Waals surface area contributed by atoms with Gasteiger partial charge >= 0.3 is 5.97 Å². The van der Waals surface area contributed by atoms with Crippen molar-refractivity contribution >= 4 is 18.6 Å². The molecule has 0 aromatic rings. The highest BCUT2D eigenvalue weighted by Gasteiger charge is 2.26. The summed E-state index contributed by atoms with van der Waals surface area (Å²) < 4.78 is 5.93. The van der Waals surface area contributed by atoms with Crippen LogP contribution >= 0.6 is 12.6 Å². The Morgan fingerprint density at radius 2 is 2.07 bits per heavy atom. The number of carbonyl (C=O) groups excluding carboxylic acids is 1. The first-order chi connectivity index (χ1) is 6.81. The fraction of sp³-hybridized carbons (Fsp3) is 0.727. The highest BCUT2D eigenvalue weighted by atomic mass is 32.1. The minimum Gasteiger partial charge on any atom is -0.409 e. The molecule has 0 amide bonds. The second-order valence-electron chi connectivity index (χ2n) is 4.36. The Kier molecular flexibility index (Phi) is 5.98. The minimum absolute atomic E-state index is 0.158. The predicted molar refractivity (Wildman–Crippen MR) is 65.8 cm³/mol. The summed E-state index contributed by atoms with van der Waals surface area (Å²) in [5.74, 6) is 0.530. The van der Waals surface area contributed by atoms with E-state index in [1.165, 1.54) is 0 Å². The molecule has 15 heavy (non-hydrogen) atoms. The van der Waals surface area contributed by atoms with Crippen LogP contribution in [0.4, 0.5) is 0 Å². The van der Waals surface area contributed by atoms with E-state index in [9.17, 15) is 4.79 Å². The molecular formula is C11H22NO2S+. The molecule has 0 heterocycles. The molecule has 0 aliphatic rings. The lowest BCUT2D eigenvalue weighted by molar-refractivity contribution is -0.932. The monoisotopic (exact) mass is 232 g/mol. The summed E-state index contributed by atoms with van der Waals surface area (Å²) in [6, 6.07) is 0. The summed E-state index contributed by atoms with van der Waals surface area (Å²) in [5, 5.41) is 0. The Labute approximate surface area is 98.1 Å². The van der Waals surface area contributed by atoms with Crippen LogP contribution in [0, 0.1) is 0 Å². The summed E-state index contributed by atoms with van der Waals surface area (Å²) in [6.07, 6.45) is 0.847. The van der Waals surface area contributed by atoms with Gasteiger partial charge in [0.2, 0.25) is 6.23 Å². The Hall–Kier alpha value is -0.480. The van der Waals surface area contributed by atoms with Crippen LogP contribution in [0.1, 0.15) is 20.3 Å². The fourth-order valence-electron chi connectivity index (χ4n) is 1.06. The van der Waals surface area contributed by atoms with Crippen LogP contribution in [-0.2, 0) is 9.53 Å². The number of nitrogens with zero attached hydrogens (tertiary/aromatic N) is 1. The first-order valence-electron chi connectivity index (χ1n) is 5.11. The molecule has 1 atom stereocenters. The van der Waals surface area contributed by atoms with Crippen LogP contribution in [0.3, 0.4) is 0 Å². The third kappa shape index (κ3) is 5.23. The second-order valence-corrected chi connectivity index (χ2v) is 4.81. The van der Waals surface area contributed by atoms with Crippen LogP contribution in [0.5, 0.6) is 0 Å². The maximum Gasteiger partial charge on any atom is 0.337 e. The first-order valence-corrected chi connectivity index (χ1v) is 5.74. The number of esters is 1. The Balaban J connectivity index is 4.23. The van der Waals surface area contributed by atoms with E-state index in [0.717, 1.165) is 18.7 Å². The average Bonchev–Trinajstić information content (AvgIpc) is 2.14. The van der Waals surface area contributed by atoms with E-state index < -0.39 is 0 Å². The lowest BCUT2D eigenvalue weighted by Crippen LogP contribution is -2.50. The van der Waals surface area contributed by atoms with Crippen LogP contribution in [0.2, 0.25) is 0 Å². The number of thiol groups is 1. The van der Waals surface area contributed by atoms with Crippen molar-refractivity contribution in [2.75, 3.05) is 26.4 Å². The van der Waals surface area contributed by atoms with Gasteiger partial charge in [-0.25, -0.2) is 4.79 Å². The molecular weight excluding hydrogens is 210 g/mol. The van der Waals surface area contributed by atoms with E-state index >= 15 is 0 Å². The van der Waals surface area contributed by atoms with Crippen molar-refractivity contribution in [3.05, 3.63) is 12.2 Å². The molecule has 88 valence electrons. The summed E-state index contributed by atoms with van der Waals surface area (Å²) >= 11 is 4.17. The summed E-state index contributed by atoms with van der Waals surface area (Å²) in [6.45, 7) is 8.05. The fourth-order valence-corrected chi connectivity index (χ4v) is 1.20. The molecule has 4 heteroatoms. The molecule has 0 aromatic carbocycles. The van der Waals surface area contributed by atoms with Gasteiger partial charge in [0.05, 0.1) is 20.6 Å². The Morgan fingerprint density at radius 3 is 2.47 bits per heavy atom. The number of ether oxygens (including phenoxy) is 1. The van der Waals surface area contributed by atoms with Crippen LogP contribution < -0.4 is 0 Å². The van der Waals surface area contributed by atoms with Gasteiger partial charge in [0, 0.05) is 18.9 Å². The Morgan fingerprint density at radius 1 is 1.53 bits per heavy atom. The molecule has 0 aromatic heterocycles. The summed E-state index contributed by atoms with van der Waals surface area (Å²) in [7, 11) is 4.08. The molecule has 0 aliphatic heterocycles. The molecule has 0 fully saturated rings. The van der Waals surface area contributed by atoms with E-state index in [2.05, 4.69) is 19.2 Å². The van der Waals surface area contributed by atoms with E-state index in [1.54, 1.807) is 6.92 Å². The normalized spacial score (nSPS) is 13.4. The molecule has 0 bridgehead atoms. The van der Waals surface area contributed by atoms with Crippen molar-refractivity contribution in [3.63, 3.8) is 0 Å². The van der Waals surface area contributed by atoms with Crippen molar-refractivity contribution in [1.29, 1.82) is 0 Å². The molecule has 0 rings (SSSR count). The van der Waals surface area contributed by atoms with Gasteiger partial charge < -0.3 is 4.74 Å². The van der Waals surface area contributed by atoms with Crippen LogP contribution in [0.25, 0.3) is 0 Å². The maximum absolute atomic E-state index is 11.3. The average molecular weight is 232 g/mol. The van der Waals surface area contributed by atoms with Gasteiger partial charge in [-0.1, -0.05) is 6.58 Å². The van der Waals surface area contributed by atoms with E-state index in [4.69, 9.17) is 4.74 Å². The quantitative estimate of drug-likeness (QED) is 0.249. The highest BCUT2D eigenvalue weighted by molar-refractivity contribution is 7.80. The molecule has 3 nitrogen and oxygen atoms in total. The van der Waals surface area contributed by atoms with Crippen molar-refractivity contribution in [3.8, 4) is 0 Å². The lowest BCUT2D eigenvalue weighted by atomic mass is 10.3. The van der Waals surface area contributed by atoms with Crippen molar-refractivity contribution in [2.24, 2.45) is 0 Å². The summed E-state index contributed by atoms with van der Waals surface area (Å²) in [5.41, 5.74) is 0.441. The lowest BCUT2D eigenvalue weighted by Gasteiger charge is -2.34. The van der Waals surface area contributed by atoms with Gasteiger partial charge in [-0.05, 0) is 12.7 Å². The van der Waals surface area contributed by atoms with E-state index in [-0.39, 0.29) is 12.2 Å². The van der Waals surface area contributed by atoms with E-state index in [1.807, 2.05) is 21.0 Å². The molecule has 0 saturated heterocycles. The smallest absolute Gasteiger partial charge is 0.337 e. The third-order valence-corrected chi connectivity index (χ3v) is 2.82. The number of rotatable bonds is 6. The number of quaternary nitrogens is 1. The molecule has 0 radical (unpaired) electrons. The van der Waals surface area contributed by atoms with E-state index in [0.29, 0.717) is 10.1 Å². The van der Waals surface area contributed by atoms with Crippen molar-refractivity contribution in [2.45, 2.75) is 26.5 Å².